The number of ether oxygens (including phenoxy) is 3. The number of fused-ring (bicyclic) bond motifs is 1. The number of carbonyl (C=O) groups is 2. The lowest BCUT2D eigenvalue weighted by Crippen LogP contribution is -2.42. The third kappa shape index (κ3) is 6.62. The molecule has 1 unspecified atom stereocenters. The van der Waals surface area contributed by atoms with E-state index in [0.29, 0.717) is 50.8 Å². The van der Waals surface area contributed by atoms with Gasteiger partial charge in [0.1, 0.15) is 0 Å². The first kappa shape index (κ1) is 22.4. The van der Waals surface area contributed by atoms with Gasteiger partial charge in [-0.15, -0.1) is 0 Å². The number of hydrogen-bond acceptors (Lipinski definition) is 5. The van der Waals surface area contributed by atoms with Crippen molar-refractivity contribution < 1.29 is 23.8 Å². The molecule has 2 aliphatic rings. The van der Waals surface area contributed by atoms with E-state index in [1.807, 2.05) is 25.1 Å². The average molecular weight is 419 g/mol. The Morgan fingerprint density at radius 3 is 2.83 bits per heavy atom. The molecule has 166 valence electrons. The van der Waals surface area contributed by atoms with E-state index in [9.17, 15) is 9.59 Å². The molecule has 0 spiro atoms. The highest BCUT2D eigenvalue weighted by Crippen LogP contribution is 2.33. The van der Waals surface area contributed by atoms with Crippen molar-refractivity contribution in [1.82, 2.24) is 10.2 Å². The molecule has 0 saturated carbocycles. The van der Waals surface area contributed by atoms with Gasteiger partial charge in [0.15, 0.2) is 11.5 Å². The zero-order valence-electron chi connectivity index (χ0n) is 18.0. The molecule has 1 aromatic rings. The van der Waals surface area contributed by atoms with Gasteiger partial charge < -0.3 is 24.4 Å². The minimum absolute atomic E-state index is 0.0316. The quantitative estimate of drug-likeness (QED) is 0.813. The van der Waals surface area contributed by atoms with Crippen LogP contribution in [-0.2, 0) is 20.9 Å². The van der Waals surface area contributed by atoms with E-state index in [0.717, 1.165) is 44.1 Å². The van der Waals surface area contributed by atoms with Crippen LogP contribution in [0.15, 0.2) is 18.2 Å². The lowest BCUT2D eigenvalue weighted by atomic mass is 10.1. The van der Waals surface area contributed by atoms with Crippen LogP contribution in [0.5, 0.6) is 11.5 Å². The second-order valence-electron chi connectivity index (χ2n) is 7.88. The molecule has 0 bridgehead atoms. The first-order chi connectivity index (χ1) is 14.7. The lowest BCUT2D eigenvalue weighted by Gasteiger charge is -2.27. The van der Waals surface area contributed by atoms with Gasteiger partial charge in [-0.05, 0) is 51.5 Å². The smallest absolute Gasteiger partial charge is 0.239 e. The molecule has 0 aliphatic carbocycles. The van der Waals surface area contributed by atoms with Crippen molar-refractivity contribution in [3.63, 3.8) is 0 Å². The number of nitrogens with zero attached hydrogens (tertiary/aromatic N) is 1. The summed E-state index contributed by atoms with van der Waals surface area (Å²) >= 11 is 0. The highest BCUT2D eigenvalue weighted by molar-refractivity contribution is 5.85. The van der Waals surface area contributed by atoms with Gasteiger partial charge in [-0.2, -0.15) is 0 Å². The normalized spacial score (nSPS) is 21.2. The van der Waals surface area contributed by atoms with Crippen molar-refractivity contribution in [3.05, 3.63) is 23.8 Å². The van der Waals surface area contributed by atoms with Crippen molar-refractivity contribution in [1.29, 1.82) is 0 Å². The minimum Gasteiger partial charge on any atom is -0.490 e. The number of hydrogen-bond donors (Lipinski definition) is 1. The summed E-state index contributed by atoms with van der Waals surface area (Å²) in [7, 11) is 0. The Labute approximate surface area is 179 Å². The molecule has 2 aliphatic heterocycles. The molecule has 0 aromatic heterocycles. The molecular formula is C23H34N2O5. The van der Waals surface area contributed by atoms with Crippen molar-refractivity contribution in [2.24, 2.45) is 0 Å². The van der Waals surface area contributed by atoms with Crippen LogP contribution in [-0.4, -0.2) is 55.7 Å². The van der Waals surface area contributed by atoms with Crippen molar-refractivity contribution in [2.45, 2.75) is 64.5 Å². The molecule has 1 aromatic carbocycles. The summed E-state index contributed by atoms with van der Waals surface area (Å²) < 4.78 is 17.6. The molecule has 1 fully saturated rings. The van der Waals surface area contributed by atoms with Crippen LogP contribution < -0.4 is 14.8 Å². The maximum Gasteiger partial charge on any atom is 0.239 e. The summed E-state index contributed by atoms with van der Waals surface area (Å²) in [5.74, 6) is 1.15. The molecule has 7 nitrogen and oxygen atoms in total. The van der Waals surface area contributed by atoms with Crippen molar-refractivity contribution in [3.8, 4) is 11.5 Å². The minimum atomic E-state index is -0.129. The fourth-order valence-corrected chi connectivity index (χ4v) is 3.88. The van der Waals surface area contributed by atoms with Gasteiger partial charge in [-0.3, -0.25) is 9.59 Å². The summed E-state index contributed by atoms with van der Waals surface area (Å²) in [5, 5.41) is 2.94. The van der Waals surface area contributed by atoms with E-state index < -0.39 is 0 Å². The fourth-order valence-electron chi connectivity index (χ4n) is 3.88. The zero-order valence-corrected chi connectivity index (χ0v) is 18.0. The number of para-hydroxylation sites is 1. The first-order valence-electron chi connectivity index (χ1n) is 11.2. The fraction of sp³-hybridized carbons (Fsp3) is 0.652. The van der Waals surface area contributed by atoms with Crippen molar-refractivity contribution in [2.75, 3.05) is 32.9 Å². The highest BCUT2D eigenvalue weighted by Gasteiger charge is 2.25. The van der Waals surface area contributed by atoms with Crippen molar-refractivity contribution >= 4 is 11.8 Å². The van der Waals surface area contributed by atoms with E-state index in [1.54, 1.807) is 4.90 Å². The second-order valence-corrected chi connectivity index (χ2v) is 7.88. The molecular weight excluding hydrogens is 384 g/mol. The Morgan fingerprint density at radius 2 is 2.03 bits per heavy atom. The Hall–Kier alpha value is -2.28. The number of rotatable bonds is 4. The Morgan fingerprint density at radius 1 is 1.17 bits per heavy atom. The van der Waals surface area contributed by atoms with E-state index in [2.05, 4.69) is 5.32 Å². The molecule has 7 heteroatoms. The molecule has 2 amide bonds. The predicted molar refractivity (Wildman–Crippen MR) is 114 cm³/mol. The summed E-state index contributed by atoms with van der Waals surface area (Å²) in [6.07, 6.45) is 6.00. The maximum atomic E-state index is 13.1. The topological polar surface area (TPSA) is 77.1 Å². The second kappa shape index (κ2) is 11.8. The molecule has 1 saturated heterocycles. The van der Waals surface area contributed by atoms with Crippen LogP contribution in [0.4, 0.5) is 0 Å². The predicted octanol–water partition coefficient (Wildman–Crippen LogP) is 3.05. The van der Waals surface area contributed by atoms with Gasteiger partial charge in [0, 0.05) is 18.7 Å². The lowest BCUT2D eigenvalue weighted by molar-refractivity contribution is -0.139. The molecule has 3 rings (SSSR count). The van der Waals surface area contributed by atoms with Crippen LogP contribution in [0, 0.1) is 0 Å². The monoisotopic (exact) mass is 418 g/mol. The van der Waals surface area contributed by atoms with E-state index in [1.165, 1.54) is 0 Å². The third-order valence-corrected chi connectivity index (χ3v) is 5.47. The summed E-state index contributed by atoms with van der Waals surface area (Å²) in [6.45, 7) is 4.69. The van der Waals surface area contributed by atoms with Crippen LogP contribution >= 0.6 is 0 Å². The van der Waals surface area contributed by atoms with Gasteiger partial charge in [-0.25, -0.2) is 0 Å². The molecule has 1 N–H and O–H groups in total. The van der Waals surface area contributed by atoms with E-state index in [-0.39, 0.29) is 24.5 Å². The van der Waals surface area contributed by atoms with Crippen LogP contribution in [0.3, 0.4) is 0 Å². The van der Waals surface area contributed by atoms with Crippen LogP contribution in [0.2, 0.25) is 0 Å². The van der Waals surface area contributed by atoms with Gasteiger partial charge in [0.2, 0.25) is 11.8 Å². The largest absolute Gasteiger partial charge is 0.490 e. The number of amides is 2. The standard InChI is InChI=1S/C23H34N2O5/c1-2-28-20-11-8-9-18-16-25(22(27)15-19-10-4-7-13-29-19)17-21(26)24-12-5-3-6-14-30-23(18)20/h8-9,11,19H,2-7,10,12-17H2,1H3,(H,24,26). The summed E-state index contributed by atoms with van der Waals surface area (Å²) in [5.41, 5.74) is 0.853. The number of carbonyl (C=O) groups excluding carboxylic acids is 2. The van der Waals surface area contributed by atoms with Crippen LogP contribution in [0.25, 0.3) is 0 Å². The van der Waals surface area contributed by atoms with Gasteiger partial charge in [0.25, 0.3) is 0 Å². The van der Waals surface area contributed by atoms with E-state index in [4.69, 9.17) is 14.2 Å². The number of nitrogens with one attached hydrogen (secondary N) is 1. The Kier molecular flexibility index (Phi) is 8.81. The van der Waals surface area contributed by atoms with Gasteiger partial charge in [-0.1, -0.05) is 12.1 Å². The molecule has 0 radical (unpaired) electrons. The van der Waals surface area contributed by atoms with Crippen LogP contribution in [0.1, 0.15) is 57.4 Å². The zero-order chi connectivity index (χ0) is 21.2. The average Bonchev–Trinajstić information content (AvgIpc) is 2.76. The third-order valence-electron chi connectivity index (χ3n) is 5.47. The first-order valence-corrected chi connectivity index (χ1v) is 11.2. The Bertz CT molecular complexity index is 703. The maximum absolute atomic E-state index is 13.1. The Balaban J connectivity index is 1.82. The highest BCUT2D eigenvalue weighted by atomic mass is 16.5. The molecule has 30 heavy (non-hydrogen) atoms. The molecule has 1 atom stereocenters. The van der Waals surface area contributed by atoms with Gasteiger partial charge >= 0.3 is 0 Å². The molecule has 2 heterocycles. The van der Waals surface area contributed by atoms with Gasteiger partial charge in [0.05, 0.1) is 38.8 Å². The summed E-state index contributed by atoms with van der Waals surface area (Å²) in [6, 6.07) is 5.72. The summed E-state index contributed by atoms with van der Waals surface area (Å²) in [4.78, 5) is 27.2. The SMILES string of the molecule is CCOc1cccc2c1OCCCCCNC(=O)CN(C(=O)CC1CCCCO1)C2. The number of benzene rings is 1. The van der Waals surface area contributed by atoms with E-state index >= 15 is 0 Å².